The summed E-state index contributed by atoms with van der Waals surface area (Å²) in [6.07, 6.45) is 4.31. The monoisotopic (exact) mass is 667 g/mol. The van der Waals surface area contributed by atoms with Crippen molar-refractivity contribution in [3.63, 3.8) is 0 Å². The minimum atomic E-state index is -4.67. The Morgan fingerprint density at radius 3 is 2.42 bits per heavy atom. The average molecular weight is 668 g/mol. The maximum Gasteiger partial charge on any atom is 0.423 e. The average Bonchev–Trinajstić information content (AvgIpc) is 3.08. The number of nitrogens with one attached hydrogen (secondary N) is 2. The predicted molar refractivity (Wildman–Crippen MR) is 169 cm³/mol. The number of anilines is 2. The molecule has 1 saturated heterocycles. The van der Waals surface area contributed by atoms with Crippen LogP contribution in [0.4, 0.5) is 29.7 Å². The molecule has 4 aromatic rings. The van der Waals surface area contributed by atoms with Gasteiger partial charge in [-0.15, -0.1) is 0 Å². The highest BCUT2D eigenvalue weighted by Crippen LogP contribution is 2.36. The fraction of sp³-hybridized carbons (Fsp3) is 0.406. The zero-order valence-electron chi connectivity index (χ0n) is 26.5. The van der Waals surface area contributed by atoms with Crippen LogP contribution in [0.1, 0.15) is 43.7 Å². The quantitative estimate of drug-likeness (QED) is 0.159. The second-order valence-electron chi connectivity index (χ2n) is 10.9. The SMILES string of the molecule is CCC[C@@H](CCCNc1ncc(C(F)(F)F)c(OC2COC2)n1)N(C(=O)NCc1ccccc1)c1cnc(-c2cnc(OC)nc2)cn1. The Kier molecular flexibility index (Phi) is 11.5. The van der Waals surface area contributed by atoms with Crippen molar-refractivity contribution in [2.45, 2.75) is 57.5 Å². The van der Waals surface area contributed by atoms with E-state index in [0.29, 0.717) is 55.6 Å². The lowest BCUT2D eigenvalue weighted by Gasteiger charge is -2.31. The molecule has 1 aliphatic rings. The summed E-state index contributed by atoms with van der Waals surface area (Å²) in [5, 5.41) is 5.99. The number of halogens is 3. The molecule has 254 valence electrons. The molecule has 0 bridgehead atoms. The third-order valence-corrected chi connectivity index (χ3v) is 7.43. The summed E-state index contributed by atoms with van der Waals surface area (Å²) in [5.41, 5.74) is 1.04. The van der Waals surface area contributed by atoms with E-state index in [1.165, 1.54) is 13.3 Å². The van der Waals surface area contributed by atoms with E-state index in [-0.39, 0.29) is 37.2 Å². The van der Waals surface area contributed by atoms with E-state index in [1.54, 1.807) is 23.5 Å². The molecule has 5 rings (SSSR count). The lowest BCUT2D eigenvalue weighted by atomic mass is 10.0. The molecule has 2 amide bonds. The molecule has 13 nitrogen and oxygen atoms in total. The molecule has 3 aromatic heterocycles. The number of ether oxygens (including phenoxy) is 3. The number of alkyl halides is 3. The van der Waals surface area contributed by atoms with Gasteiger partial charge in [0, 0.05) is 43.3 Å². The van der Waals surface area contributed by atoms with Crippen LogP contribution in [0.3, 0.4) is 0 Å². The van der Waals surface area contributed by atoms with Gasteiger partial charge in [0.1, 0.15) is 11.7 Å². The van der Waals surface area contributed by atoms with Crippen LogP contribution in [-0.2, 0) is 17.5 Å². The number of amides is 2. The lowest BCUT2D eigenvalue weighted by Crippen LogP contribution is -2.47. The normalized spacial score (nSPS) is 13.7. The van der Waals surface area contributed by atoms with Crippen molar-refractivity contribution >= 4 is 17.8 Å². The van der Waals surface area contributed by atoms with Crippen LogP contribution < -0.4 is 25.0 Å². The van der Waals surface area contributed by atoms with Crippen LogP contribution in [0.5, 0.6) is 11.9 Å². The maximum atomic E-state index is 13.7. The number of methoxy groups -OCH3 is 1. The van der Waals surface area contributed by atoms with E-state index < -0.39 is 23.7 Å². The van der Waals surface area contributed by atoms with Crippen LogP contribution in [-0.4, -0.2) is 74.9 Å². The van der Waals surface area contributed by atoms with Gasteiger partial charge in [-0.1, -0.05) is 43.7 Å². The van der Waals surface area contributed by atoms with Crippen molar-refractivity contribution in [1.82, 2.24) is 35.2 Å². The molecule has 0 aliphatic carbocycles. The van der Waals surface area contributed by atoms with E-state index in [0.717, 1.165) is 12.0 Å². The fourth-order valence-electron chi connectivity index (χ4n) is 4.91. The van der Waals surface area contributed by atoms with Gasteiger partial charge in [0.2, 0.25) is 11.8 Å². The van der Waals surface area contributed by atoms with Crippen molar-refractivity contribution in [3.05, 3.63) is 72.4 Å². The highest BCUT2D eigenvalue weighted by molar-refractivity contribution is 5.91. The van der Waals surface area contributed by atoms with Crippen molar-refractivity contribution < 1.29 is 32.2 Å². The van der Waals surface area contributed by atoms with Crippen molar-refractivity contribution in [2.75, 3.05) is 37.1 Å². The van der Waals surface area contributed by atoms with E-state index in [2.05, 4.69) is 40.5 Å². The molecule has 0 radical (unpaired) electrons. The molecule has 2 N–H and O–H groups in total. The predicted octanol–water partition coefficient (Wildman–Crippen LogP) is 5.31. The largest absolute Gasteiger partial charge is 0.469 e. The van der Waals surface area contributed by atoms with Crippen molar-refractivity contribution in [3.8, 4) is 23.1 Å². The van der Waals surface area contributed by atoms with Crippen LogP contribution in [0.25, 0.3) is 11.3 Å². The Balaban J connectivity index is 1.29. The van der Waals surface area contributed by atoms with E-state index in [9.17, 15) is 18.0 Å². The molecule has 4 heterocycles. The highest BCUT2D eigenvalue weighted by atomic mass is 19.4. The number of hydrogen-bond donors (Lipinski definition) is 2. The minimum Gasteiger partial charge on any atom is -0.469 e. The Morgan fingerprint density at radius 1 is 1.02 bits per heavy atom. The first-order valence-corrected chi connectivity index (χ1v) is 15.5. The highest BCUT2D eigenvalue weighted by Gasteiger charge is 2.37. The van der Waals surface area contributed by atoms with E-state index >= 15 is 0 Å². The van der Waals surface area contributed by atoms with Gasteiger partial charge in [-0.3, -0.25) is 9.88 Å². The summed E-state index contributed by atoms with van der Waals surface area (Å²) >= 11 is 0. The summed E-state index contributed by atoms with van der Waals surface area (Å²) in [6.45, 7) is 3.06. The van der Waals surface area contributed by atoms with Crippen LogP contribution >= 0.6 is 0 Å². The van der Waals surface area contributed by atoms with Gasteiger partial charge in [0.25, 0.3) is 0 Å². The number of carbonyl (C=O) groups is 1. The summed E-state index contributed by atoms with van der Waals surface area (Å²) in [4.78, 5) is 40.6. The van der Waals surface area contributed by atoms with Gasteiger partial charge in [0.05, 0.1) is 38.4 Å². The molecule has 1 aromatic carbocycles. The molecule has 16 heteroatoms. The number of aromatic nitrogens is 6. The Labute approximate surface area is 275 Å². The first kappa shape index (κ1) is 34.2. The number of benzene rings is 1. The number of nitrogens with zero attached hydrogens (tertiary/aromatic N) is 7. The summed E-state index contributed by atoms with van der Waals surface area (Å²) < 4.78 is 56.0. The van der Waals surface area contributed by atoms with Gasteiger partial charge >= 0.3 is 18.2 Å². The second-order valence-corrected chi connectivity index (χ2v) is 10.9. The molecule has 0 spiro atoms. The van der Waals surface area contributed by atoms with Gasteiger partial charge in [-0.2, -0.15) is 18.2 Å². The molecular weight excluding hydrogens is 631 g/mol. The minimum absolute atomic E-state index is 0.00621. The van der Waals surface area contributed by atoms with Crippen LogP contribution in [0.2, 0.25) is 0 Å². The number of urea groups is 1. The first-order chi connectivity index (χ1) is 23.2. The zero-order valence-corrected chi connectivity index (χ0v) is 26.5. The Bertz CT molecular complexity index is 1610. The lowest BCUT2D eigenvalue weighted by molar-refractivity contribution is -0.142. The molecular formula is C32H36F3N9O4. The van der Waals surface area contributed by atoms with Gasteiger partial charge in [0.15, 0.2) is 5.82 Å². The topological polar surface area (TPSA) is 149 Å². The van der Waals surface area contributed by atoms with E-state index in [4.69, 9.17) is 14.2 Å². The third-order valence-electron chi connectivity index (χ3n) is 7.43. The van der Waals surface area contributed by atoms with Crippen molar-refractivity contribution in [1.29, 1.82) is 0 Å². The maximum absolute atomic E-state index is 13.7. The smallest absolute Gasteiger partial charge is 0.423 e. The third kappa shape index (κ3) is 9.02. The molecule has 0 unspecified atom stereocenters. The van der Waals surface area contributed by atoms with Crippen LogP contribution in [0.15, 0.2) is 61.3 Å². The summed E-state index contributed by atoms with van der Waals surface area (Å²) in [7, 11) is 1.48. The number of rotatable bonds is 15. The number of hydrogen-bond acceptors (Lipinski definition) is 11. The zero-order chi connectivity index (χ0) is 33.9. The molecule has 1 aliphatic heterocycles. The van der Waals surface area contributed by atoms with Gasteiger partial charge < -0.3 is 24.8 Å². The molecule has 0 saturated carbocycles. The second kappa shape index (κ2) is 16.1. The van der Waals surface area contributed by atoms with Crippen molar-refractivity contribution in [2.24, 2.45) is 0 Å². The summed E-state index contributed by atoms with van der Waals surface area (Å²) in [6, 6.07) is 9.16. The van der Waals surface area contributed by atoms with Gasteiger partial charge in [-0.25, -0.2) is 24.7 Å². The fourth-order valence-corrected chi connectivity index (χ4v) is 4.91. The Hall–Kier alpha value is -5.12. The Morgan fingerprint density at radius 2 is 1.79 bits per heavy atom. The van der Waals surface area contributed by atoms with Crippen LogP contribution in [0, 0.1) is 0 Å². The summed E-state index contributed by atoms with van der Waals surface area (Å²) in [5.74, 6) is -0.175. The standard InChI is InChI=1S/C32H36F3N9O4/c1-3-8-23(11-7-12-36-29-39-16-25(32(33,34)35)28(43-29)48-24-19-47-20-24)44(31(45)42-13-21-9-5-4-6-10-21)27-18-37-26(17-38-27)22-14-40-30(46-2)41-15-22/h4-6,9-10,14-18,23-24H,3,7-8,11-13,19-20H2,1-2H3,(H,42,45)(H,36,39,43)/t23-/m0/s1. The number of carbonyl (C=O) groups excluding carboxylic acids is 1. The van der Waals surface area contributed by atoms with Gasteiger partial charge in [-0.05, 0) is 24.8 Å². The molecule has 1 atom stereocenters. The first-order valence-electron chi connectivity index (χ1n) is 15.5. The molecule has 48 heavy (non-hydrogen) atoms. The molecule has 1 fully saturated rings. The van der Waals surface area contributed by atoms with E-state index in [1.807, 2.05) is 37.3 Å².